The molecule has 2 rings (SSSR count). The molecular weight excluding hydrogens is 252 g/mol. The van der Waals surface area contributed by atoms with Crippen LogP contribution in [0.3, 0.4) is 0 Å². The lowest BCUT2D eigenvalue weighted by atomic mass is 9.92. The van der Waals surface area contributed by atoms with Gasteiger partial charge in [0.15, 0.2) is 0 Å². The second-order valence-corrected chi connectivity index (χ2v) is 5.61. The summed E-state index contributed by atoms with van der Waals surface area (Å²) in [5.74, 6) is 1.02. The summed E-state index contributed by atoms with van der Waals surface area (Å²) in [4.78, 5) is 4.57. The Morgan fingerprint density at radius 1 is 1.27 bits per heavy atom. The average Bonchev–Trinajstić information content (AvgIpc) is 2.20. The van der Waals surface area contributed by atoms with Crippen LogP contribution in [0.2, 0.25) is 0 Å². The van der Waals surface area contributed by atoms with Crippen LogP contribution in [0.5, 0.6) is 0 Å². The topological polar surface area (TPSA) is 24.4 Å². The van der Waals surface area contributed by atoms with Crippen molar-refractivity contribution in [1.29, 1.82) is 0 Å². The predicted octanol–water partition coefficient (Wildman–Crippen LogP) is 2.83. The fourth-order valence-corrected chi connectivity index (χ4v) is 1.79. The Bertz CT molecular complexity index is 379. The Kier molecular flexibility index (Phi) is 2.83. The third-order valence-corrected chi connectivity index (χ3v) is 3.05. The number of nitrogens with one attached hydrogen (secondary N) is 1. The Balaban J connectivity index is 2.19. The number of rotatable bonds is 1. The van der Waals surface area contributed by atoms with Crippen molar-refractivity contribution >= 4 is 21.8 Å². The minimum Gasteiger partial charge on any atom is -0.369 e. The van der Waals surface area contributed by atoms with Crippen LogP contribution in [-0.4, -0.2) is 18.9 Å². The first-order valence-electron chi connectivity index (χ1n) is 5.11. The van der Waals surface area contributed by atoms with E-state index in [-0.39, 0.29) is 5.41 Å². The number of hydrogen-bond acceptors (Lipinski definition) is 2. The van der Waals surface area contributed by atoms with E-state index >= 15 is 0 Å². The highest BCUT2D eigenvalue weighted by Crippen LogP contribution is 2.19. The molecule has 1 aliphatic rings. The van der Waals surface area contributed by atoms with Crippen molar-refractivity contribution in [2.75, 3.05) is 13.1 Å². The van der Waals surface area contributed by atoms with E-state index in [0.29, 0.717) is 0 Å². The fraction of sp³-hybridized carbons (Fsp3) is 0.417. The standard InChI is InChI=1S/C12H15BrN2/c1-12(2)7-14-11(15-8-12)9-3-5-10(13)6-4-9/h3-6H,7-8H2,1-2H3,(H,14,15). The molecule has 0 atom stereocenters. The van der Waals surface area contributed by atoms with E-state index < -0.39 is 0 Å². The first kappa shape index (κ1) is 10.7. The molecular formula is C12H15BrN2. The molecule has 2 nitrogen and oxygen atoms in total. The molecule has 0 unspecified atom stereocenters. The van der Waals surface area contributed by atoms with Gasteiger partial charge in [-0.25, -0.2) is 0 Å². The van der Waals surface area contributed by atoms with Crippen LogP contribution in [-0.2, 0) is 0 Å². The van der Waals surface area contributed by atoms with Gasteiger partial charge in [0.25, 0.3) is 0 Å². The molecule has 0 aliphatic carbocycles. The van der Waals surface area contributed by atoms with E-state index in [2.05, 4.69) is 52.2 Å². The minimum absolute atomic E-state index is 0.277. The maximum atomic E-state index is 4.57. The molecule has 0 fully saturated rings. The smallest absolute Gasteiger partial charge is 0.128 e. The van der Waals surface area contributed by atoms with Gasteiger partial charge < -0.3 is 5.32 Å². The van der Waals surface area contributed by atoms with Gasteiger partial charge in [0.05, 0.1) is 0 Å². The van der Waals surface area contributed by atoms with Crippen LogP contribution >= 0.6 is 15.9 Å². The predicted molar refractivity (Wildman–Crippen MR) is 67.3 cm³/mol. The van der Waals surface area contributed by atoms with Crippen LogP contribution < -0.4 is 5.32 Å². The summed E-state index contributed by atoms with van der Waals surface area (Å²) in [5, 5.41) is 3.38. The molecule has 0 bridgehead atoms. The van der Waals surface area contributed by atoms with Gasteiger partial charge >= 0.3 is 0 Å². The maximum Gasteiger partial charge on any atom is 0.128 e. The number of nitrogens with zero attached hydrogens (tertiary/aromatic N) is 1. The van der Waals surface area contributed by atoms with Crippen molar-refractivity contribution in [3.8, 4) is 0 Å². The summed E-state index contributed by atoms with van der Waals surface area (Å²) < 4.78 is 1.10. The number of amidine groups is 1. The Morgan fingerprint density at radius 3 is 2.47 bits per heavy atom. The first-order chi connectivity index (χ1) is 7.07. The van der Waals surface area contributed by atoms with Crippen molar-refractivity contribution in [2.45, 2.75) is 13.8 Å². The highest BCUT2D eigenvalue weighted by atomic mass is 79.9. The number of hydrogen-bond donors (Lipinski definition) is 1. The zero-order valence-electron chi connectivity index (χ0n) is 9.05. The SMILES string of the molecule is CC1(C)CN=C(c2ccc(Br)cc2)NC1. The molecule has 1 aromatic carbocycles. The first-order valence-corrected chi connectivity index (χ1v) is 5.90. The molecule has 15 heavy (non-hydrogen) atoms. The molecule has 0 aromatic heterocycles. The van der Waals surface area contributed by atoms with Gasteiger partial charge in [-0.2, -0.15) is 0 Å². The second-order valence-electron chi connectivity index (χ2n) is 4.69. The summed E-state index contributed by atoms with van der Waals surface area (Å²) in [7, 11) is 0. The van der Waals surface area contributed by atoms with Crippen LogP contribution in [0.25, 0.3) is 0 Å². The van der Waals surface area contributed by atoms with E-state index in [1.165, 1.54) is 0 Å². The third-order valence-electron chi connectivity index (χ3n) is 2.52. The molecule has 0 amide bonds. The second kappa shape index (κ2) is 3.97. The van der Waals surface area contributed by atoms with Crippen molar-refractivity contribution in [3.05, 3.63) is 34.3 Å². The lowest BCUT2D eigenvalue weighted by Crippen LogP contribution is -2.41. The van der Waals surface area contributed by atoms with Crippen LogP contribution in [0, 0.1) is 5.41 Å². The molecule has 0 saturated carbocycles. The molecule has 1 aliphatic heterocycles. The zero-order chi connectivity index (χ0) is 10.9. The molecule has 0 saturated heterocycles. The van der Waals surface area contributed by atoms with E-state index in [0.717, 1.165) is 29.0 Å². The summed E-state index contributed by atoms with van der Waals surface area (Å²) >= 11 is 3.43. The van der Waals surface area contributed by atoms with Crippen molar-refractivity contribution in [2.24, 2.45) is 10.4 Å². The van der Waals surface area contributed by atoms with Gasteiger partial charge in [0.2, 0.25) is 0 Å². The third kappa shape index (κ3) is 2.59. The lowest BCUT2D eigenvalue weighted by molar-refractivity contribution is 0.362. The minimum atomic E-state index is 0.277. The highest BCUT2D eigenvalue weighted by Gasteiger charge is 2.22. The average molecular weight is 267 g/mol. The van der Waals surface area contributed by atoms with Gasteiger partial charge in [-0.1, -0.05) is 41.9 Å². The largest absolute Gasteiger partial charge is 0.369 e. The van der Waals surface area contributed by atoms with Gasteiger partial charge in [0, 0.05) is 28.5 Å². The van der Waals surface area contributed by atoms with Crippen LogP contribution in [0.4, 0.5) is 0 Å². The molecule has 1 aromatic rings. The van der Waals surface area contributed by atoms with E-state index in [9.17, 15) is 0 Å². The van der Waals surface area contributed by atoms with Crippen molar-refractivity contribution in [1.82, 2.24) is 5.32 Å². The summed E-state index contributed by atoms with van der Waals surface area (Å²) in [6.07, 6.45) is 0. The molecule has 3 heteroatoms. The molecule has 1 heterocycles. The molecule has 80 valence electrons. The maximum absolute atomic E-state index is 4.57. The number of benzene rings is 1. The van der Waals surface area contributed by atoms with Crippen molar-refractivity contribution in [3.63, 3.8) is 0 Å². The van der Waals surface area contributed by atoms with Gasteiger partial charge in [0.1, 0.15) is 5.84 Å². The summed E-state index contributed by atoms with van der Waals surface area (Å²) in [6, 6.07) is 8.24. The van der Waals surface area contributed by atoms with E-state index in [4.69, 9.17) is 0 Å². The lowest BCUT2D eigenvalue weighted by Gasteiger charge is -2.29. The summed E-state index contributed by atoms with van der Waals surface area (Å²) in [6.45, 7) is 6.33. The Morgan fingerprint density at radius 2 is 1.93 bits per heavy atom. The number of halogens is 1. The monoisotopic (exact) mass is 266 g/mol. The quantitative estimate of drug-likeness (QED) is 0.831. The Labute approximate surface area is 98.9 Å². The van der Waals surface area contributed by atoms with E-state index in [1.807, 2.05) is 12.1 Å². The van der Waals surface area contributed by atoms with Gasteiger partial charge in [-0.3, -0.25) is 4.99 Å². The summed E-state index contributed by atoms with van der Waals surface area (Å²) in [5.41, 5.74) is 1.44. The Hall–Kier alpha value is -0.830. The normalized spacial score (nSPS) is 19.3. The van der Waals surface area contributed by atoms with Gasteiger partial charge in [-0.05, 0) is 12.1 Å². The molecule has 0 radical (unpaired) electrons. The van der Waals surface area contributed by atoms with Gasteiger partial charge in [-0.15, -0.1) is 0 Å². The molecule has 1 N–H and O–H groups in total. The van der Waals surface area contributed by atoms with Crippen LogP contribution in [0.15, 0.2) is 33.7 Å². The zero-order valence-corrected chi connectivity index (χ0v) is 10.6. The molecule has 0 spiro atoms. The van der Waals surface area contributed by atoms with Crippen molar-refractivity contribution < 1.29 is 0 Å². The van der Waals surface area contributed by atoms with Crippen LogP contribution in [0.1, 0.15) is 19.4 Å². The fourth-order valence-electron chi connectivity index (χ4n) is 1.53. The van der Waals surface area contributed by atoms with E-state index in [1.54, 1.807) is 0 Å². The highest BCUT2D eigenvalue weighted by molar-refractivity contribution is 9.10. The number of aliphatic imine (C=N–C) groups is 1.